The van der Waals surface area contributed by atoms with E-state index in [2.05, 4.69) is 0 Å². The Labute approximate surface area is 154 Å². The number of fused-ring (bicyclic) bond motifs is 6. The highest BCUT2D eigenvalue weighted by Gasteiger charge is 2.55. The number of amides is 1. The molecule has 0 unspecified atom stereocenters. The molecule has 0 saturated carbocycles. The Bertz CT molecular complexity index is 1040. The monoisotopic (exact) mass is 364 g/mol. The molecule has 1 amide bonds. The molecule has 2 heterocycles. The lowest BCUT2D eigenvalue weighted by atomic mass is 9.75. The summed E-state index contributed by atoms with van der Waals surface area (Å²) in [6, 6.07) is 16.7. The number of rotatable bonds is 0. The number of aromatic hydroxyl groups is 2. The number of carbonyl (C=O) groups is 1. The summed E-state index contributed by atoms with van der Waals surface area (Å²) in [5.41, 5.74) is 1.44. The van der Waals surface area contributed by atoms with E-state index in [0.717, 1.165) is 5.56 Å². The van der Waals surface area contributed by atoms with Crippen molar-refractivity contribution < 1.29 is 25.2 Å². The van der Waals surface area contributed by atoms with Crippen molar-refractivity contribution in [2.24, 2.45) is 5.84 Å². The number of hydrogen-bond acceptors (Lipinski definition) is 5. The molecule has 0 saturated heterocycles. The fourth-order valence-corrected chi connectivity index (χ4v) is 4.00. The summed E-state index contributed by atoms with van der Waals surface area (Å²) in [5.74, 6) is 6.86. The molecule has 2 aliphatic heterocycles. The molecule has 6 N–H and O–H groups in total. The highest BCUT2D eigenvalue weighted by atomic mass is 16.5. The van der Waals surface area contributed by atoms with Crippen LogP contribution in [0.25, 0.3) is 0 Å². The Morgan fingerprint density at radius 3 is 2.00 bits per heavy atom. The van der Waals surface area contributed by atoms with E-state index >= 15 is 0 Å². The van der Waals surface area contributed by atoms with E-state index in [1.807, 2.05) is 12.1 Å². The third-order valence-corrected chi connectivity index (χ3v) is 5.06. The first-order chi connectivity index (χ1) is 12.5. The summed E-state index contributed by atoms with van der Waals surface area (Å²) in [5, 5.41) is 21.0. The SMILES string of the molecule is NN1C(=O)c2ccccc2C12c1ccc(O)cc1Oc1cc(O)ccc12.O. The van der Waals surface area contributed by atoms with Gasteiger partial charge in [-0.3, -0.25) is 9.80 Å². The van der Waals surface area contributed by atoms with E-state index in [4.69, 9.17) is 10.6 Å². The van der Waals surface area contributed by atoms with Crippen LogP contribution < -0.4 is 10.6 Å². The molecule has 3 aromatic carbocycles. The Hall–Kier alpha value is -3.55. The van der Waals surface area contributed by atoms with Gasteiger partial charge < -0.3 is 20.4 Å². The van der Waals surface area contributed by atoms with Gasteiger partial charge in [0.2, 0.25) is 0 Å². The topological polar surface area (TPSA) is 128 Å². The summed E-state index contributed by atoms with van der Waals surface area (Å²) in [4.78, 5) is 12.9. The van der Waals surface area contributed by atoms with Gasteiger partial charge in [0, 0.05) is 34.4 Å². The maximum Gasteiger partial charge on any atom is 0.269 e. The second kappa shape index (κ2) is 5.47. The number of ether oxygens (including phenoxy) is 1. The molecule has 3 aromatic rings. The molecule has 0 bridgehead atoms. The van der Waals surface area contributed by atoms with Gasteiger partial charge in [0.25, 0.3) is 5.91 Å². The Morgan fingerprint density at radius 2 is 1.41 bits per heavy atom. The first kappa shape index (κ1) is 16.9. The van der Waals surface area contributed by atoms with E-state index in [1.54, 1.807) is 24.3 Å². The van der Waals surface area contributed by atoms with Gasteiger partial charge >= 0.3 is 0 Å². The molecule has 27 heavy (non-hydrogen) atoms. The van der Waals surface area contributed by atoms with Gasteiger partial charge in [-0.2, -0.15) is 0 Å². The molecule has 136 valence electrons. The van der Waals surface area contributed by atoms with E-state index in [-0.39, 0.29) is 22.9 Å². The van der Waals surface area contributed by atoms with Gasteiger partial charge in [0.1, 0.15) is 28.5 Å². The van der Waals surface area contributed by atoms with Gasteiger partial charge in [-0.25, -0.2) is 5.84 Å². The number of nitrogens with zero attached hydrogens (tertiary/aromatic N) is 1. The average molecular weight is 364 g/mol. The average Bonchev–Trinajstić information content (AvgIpc) is 2.85. The fourth-order valence-electron chi connectivity index (χ4n) is 4.00. The second-order valence-corrected chi connectivity index (χ2v) is 6.39. The lowest BCUT2D eigenvalue weighted by Crippen LogP contribution is -2.51. The first-order valence-electron chi connectivity index (χ1n) is 8.07. The highest BCUT2D eigenvalue weighted by molar-refractivity contribution is 6.01. The van der Waals surface area contributed by atoms with Crippen LogP contribution in [0.1, 0.15) is 27.0 Å². The molecule has 1 spiro atoms. The molecular formula is C20H16N2O5. The van der Waals surface area contributed by atoms with Gasteiger partial charge in [-0.1, -0.05) is 18.2 Å². The molecule has 0 radical (unpaired) electrons. The predicted molar refractivity (Wildman–Crippen MR) is 96.6 cm³/mol. The highest BCUT2D eigenvalue weighted by Crippen LogP contribution is 2.57. The molecule has 7 heteroatoms. The molecular weight excluding hydrogens is 348 g/mol. The van der Waals surface area contributed by atoms with Crippen LogP contribution in [0.2, 0.25) is 0 Å². The number of benzene rings is 3. The normalized spacial score (nSPS) is 15.4. The molecule has 0 fully saturated rings. The van der Waals surface area contributed by atoms with Gasteiger partial charge in [0.05, 0.1) is 0 Å². The van der Waals surface area contributed by atoms with Crippen molar-refractivity contribution in [3.05, 3.63) is 82.9 Å². The van der Waals surface area contributed by atoms with E-state index in [1.165, 1.54) is 29.3 Å². The number of phenolic OH excluding ortho intramolecular Hbond substituents is 2. The van der Waals surface area contributed by atoms with Crippen molar-refractivity contribution in [1.29, 1.82) is 0 Å². The van der Waals surface area contributed by atoms with Crippen LogP contribution in [-0.2, 0) is 5.54 Å². The Morgan fingerprint density at radius 1 is 0.852 bits per heavy atom. The van der Waals surface area contributed by atoms with Crippen LogP contribution in [-0.4, -0.2) is 26.6 Å². The number of hydrogen-bond donors (Lipinski definition) is 3. The minimum absolute atomic E-state index is 0. The fraction of sp³-hybridized carbons (Fsp3) is 0.0500. The lowest BCUT2D eigenvalue weighted by molar-refractivity contribution is 0.0665. The van der Waals surface area contributed by atoms with Crippen molar-refractivity contribution in [2.45, 2.75) is 5.54 Å². The Balaban J connectivity index is 0.00000180. The first-order valence-corrected chi connectivity index (χ1v) is 8.07. The summed E-state index contributed by atoms with van der Waals surface area (Å²) in [6.07, 6.45) is 0. The summed E-state index contributed by atoms with van der Waals surface area (Å²) >= 11 is 0. The zero-order valence-electron chi connectivity index (χ0n) is 14.0. The van der Waals surface area contributed by atoms with Crippen LogP contribution in [0, 0.1) is 0 Å². The van der Waals surface area contributed by atoms with Gasteiger partial charge in [0.15, 0.2) is 0 Å². The van der Waals surface area contributed by atoms with Crippen LogP contribution >= 0.6 is 0 Å². The zero-order chi connectivity index (χ0) is 18.1. The minimum atomic E-state index is -1.10. The van der Waals surface area contributed by atoms with E-state index < -0.39 is 5.54 Å². The van der Waals surface area contributed by atoms with E-state index in [9.17, 15) is 15.0 Å². The lowest BCUT2D eigenvalue weighted by Gasteiger charge is -2.41. The Kier molecular flexibility index (Phi) is 3.42. The summed E-state index contributed by atoms with van der Waals surface area (Å²) in [7, 11) is 0. The zero-order valence-corrected chi connectivity index (χ0v) is 14.0. The van der Waals surface area contributed by atoms with Crippen molar-refractivity contribution in [2.75, 3.05) is 0 Å². The third kappa shape index (κ3) is 1.95. The number of carbonyl (C=O) groups excluding carboxylic acids is 1. The van der Waals surface area contributed by atoms with Crippen molar-refractivity contribution in [1.82, 2.24) is 5.01 Å². The second-order valence-electron chi connectivity index (χ2n) is 6.39. The molecule has 7 nitrogen and oxygen atoms in total. The quantitative estimate of drug-likeness (QED) is 0.415. The van der Waals surface area contributed by atoms with Crippen molar-refractivity contribution in [3.8, 4) is 23.0 Å². The smallest absolute Gasteiger partial charge is 0.269 e. The van der Waals surface area contributed by atoms with Crippen LogP contribution in [0.4, 0.5) is 0 Å². The van der Waals surface area contributed by atoms with Gasteiger partial charge in [-0.15, -0.1) is 0 Å². The van der Waals surface area contributed by atoms with Gasteiger partial charge in [-0.05, 0) is 30.3 Å². The van der Waals surface area contributed by atoms with Crippen molar-refractivity contribution >= 4 is 5.91 Å². The summed E-state index contributed by atoms with van der Waals surface area (Å²) in [6.45, 7) is 0. The number of nitrogens with two attached hydrogens (primary N) is 1. The standard InChI is InChI=1S/C20H14N2O4.H2O/c21-22-19(25)13-3-1-2-4-14(13)20(22)15-7-5-11(23)9-17(15)26-18-10-12(24)6-8-16(18)20;/h1-10,23-24H,21H2;1H2. The van der Waals surface area contributed by atoms with E-state index in [0.29, 0.717) is 28.2 Å². The molecule has 0 atom stereocenters. The molecule has 5 rings (SSSR count). The van der Waals surface area contributed by atoms with Crippen LogP contribution in [0.15, 0.2) is 60.7 Å². The third-order valence-electron chi connectivity index (χ3n) is 5.06. The number of phenols is 2. The summed E-state index contributed by atoms with van der Waals surface area (Å²) < 4.78 is 5.91. The maximum absolute atomic E-state index is 12.9. The molecule has 0 aromatic heterocycles. The number of hydrazine groups is 1. The molecule has 2 aliphatic rings. The molecule has 0 aliphatic carbocycles. The van der Waals surface area contributed by atoms with Crippen LogP contribution in [0.3, 0.4) is 0 Å². The predicted octanol–water partition coefficient (Wildman–Crippen LogP) is 2.00. The minimum Gasteiger partial charge on any atom is -0.508 e. The van der Waals surface area contributed by atoms with Crippen molar-refractivity contribution in [3.63, 3.8) is 0 Å². The van der Waals surface area contributed by atoms with Crippen LogP contribution in [0.5, 0.6) is 23.0 Å². The maximum atomic E-state index is 12.9. The largest absolute Gasteiger partial charge is 0.508 e.